The second-order valence-electron chi connectivity index (χ2n) is 8.57. The van der Waals surface area contributed by atoms with Crippen LogP contribution in [0.3, 0.4) is 0 Å². The van der Waals surface area contributed by atoms with Gasteiger partial charge in [-0.1, -0.05) is 44.1 Å². The summed E-state index contributed by atoms with van der Waals surface area (Å²) in [5, 5.41) is 0. The molecule has 36 heavy (non-hydrogen) atoms. The topological polar surface area (TPSA) is 98.0 Å². The van der Waals surface area contributed by atoms with Gasteiger partial charge in [0.05, 0.1) is 22.2 Å². The average molecular weight is 532 g/mol. The number of ether oxygens (including phenoxy) is 1. The number of aromatic nitrogens is 1. The average Bonchev–Trinajstić information content (AvgIpc) is 3.19. The number of rotatable bonds is 11. The number of benzene rings is 2. The number of aryl methyl sites for hydroxylation is 1. The second-order valence-corrected chi connectivity index (χ2v) is 11.5. The van der Waals surface area contributed by atoms with Crippen molar-refractivity contribution >= 4 is 43.5 Å². The molecule has 1 aromatic heterocycles. The minimum absolute atomic E-state index is 0.0752. The van der Waals surface area contributed by atoms with E-state index in [1.807, 2.05) is 39.0 Å². The Bertz CT molecular complexity index is 1380. The van der Waals surface area contributed by atoms with E-state index in [1.54, 1.807) is 4.57 Å². The Morgan fingerprint density at radius 3 is 2.25 bits per heavy atom. The Balaban J connectivity index is 1.93. The fourth-order valence-electron chi connectivity index (χ4n) is 3.70. The Morgan fingerprint density at radius 1 is 1.03 bits per heavy atom. The first-order valence-electron chi connectivity index (χ1n) is 12.1. The molecule has 0 radical (unpaired) electrons. The molecule has 1 heterocycles. The van der Waals surface area contributed by atoms with E-state index in [9.17, 15) is 18.0 Å². The first-order valence-corrected chi connectivity index (χ1v) is 14.3. The van der Waals surface area contributed by atoms with Gasteiger partial charge in [0.25, 0.3) is 5.91 Å². The number of nitrogens with zero attached hydrogens (tertiary/aromatic N) is 3. The van der Waals surface area contributed by atoms with Gasteiger partial charge in [0.1, 0.15) is 6.54 Å². The molecular formula is C26H33N3O5S2. The maximum absolute atomic E-state index is 13.2. The molecule has 10 heteroatoms. The van der Waals surface area contributed by atoms with Crippen molar-refractivity contribution in [2.45, 2.75) is 57.9 Å². The van der Waals surface area contributed by atoms with Crippen LogP contribution < -0.4 is 4.80 Å². The summed E-state index contributed by atoms with van der Waals surface area (Å²) in [4.78, 5) is 29.8. The van der Waals surface area contributed by atoms with E-state index in [0.717, 1.165) is 41.5 Å². The lowest BCUT2D eigenvalue weighted by Crippen LogP contribution is -2.33. The van der Waals surface area contributed by atoms with Crippen LogP contribution in [0.5, 0.6) is 0 Å². The number of sulfonamides is 1. The van der Waals surface area contributed by atoms with E-state index in [4.69, 9.17) is 4.74 Å². The zero-order valence-corrected chi connectivity index (χ0v) is 22.8. The number of amides is 1. The summed E-state index contributed by atoms with van der Waals surface area (Å²) in [6, 6.07) is 11.7. The molecule has 0 unspecified atom stereocenters. The first-order chi connectivity index (χ1) is 17.2. The van der Waals surface area contributed by atoms with Gasteiger partial charge in [-0.3, -0.25) is 9.59 Å². The van der Waals surface area contributed by atoms with Crippen LogP contribution >= 0.6 is 11.3 Å². The quantitative estimate of drug-likeness (QED) is 0.339. The normalized spacial score (nSPS) is 12.4. The Hall–Kier alpha value is -2.82. The number of hydrogen-bond acceptors (Lipinski definition) is 6. The molecule has 0 aliphatic rings. The minimum Gasteiger partial charge on any atom is -0.468 e. The predicted octanol–water partition coefficient (Wildman–Crippen LogP) is 4.52. The number of unbranched alkanes of at least 4 members (excludes halogenated alkanes) is 2. The van der Waals surface area contributed by atoms with E-state index >= 15 is 0 Å². The van der Waals surface area contributed by atoms with Gasteiger partial charge in [-0.05, 0) is 61.7 Å². The number of carbonyl (C=O) groups is 2. The minimum atomic E-state index is -3.65. The molecule has 2 aromatic carbocycles. The van der Waals surface area contributed by atoms with Crippen molar-refractivity contribution in [3.63, 3.8) is 0 Å². The molecule has 0 spiro atoms. The molecule has 3 rings (SSSR count). The highest BCUT2D eigenvalue weighted by atomic mass is 32.2. The molecule has 0 bridgehead atoms. The lowest BCUT2D eigenvalue weighted by Gasteiger charge is -2.22. The van der Waals surface area contributed by atoms with Crippen molar-refractivity contribution in [2.24, 2.45) is 4.99 Å². The van der Waals surface area contributed by atoms with Crippen molar-refractivity contribution in [2.75, 3.05) is 20.2 Å². The van der Waals surface area contributed by atoms with Crippen LogP contribution in [-0.2, 0) is 26.1 Å². The van der Waals surface area contributed by atoms with E-state index in [0.29, 0.717) is 17.9 Å². The number of methoxy groups -OCH3 is 1. The number of hydrogen-bond donors (Lipinski definition) is 0. The first kappa shape index (κ1) is 27.8. The third-order valence-corrected chi connectivity index (χ3v) is 8.77. The monoisotopic (exact) mass is 531 g/mol. The molecule has 0 saturated carbocycles. The summed E-state index contributed by atoms with van der Waals surface area (Å²) in [6.07, 6.45) is 3.39. The van der Waals surface area contributed by atoms with Gasteiger partial charge in [-0.15, -0.1) is 0 Å². The summed E-state index contributed by atoms with van der Waals surface area (Å²) in [7, 11) is -2.34. The van der Waals surface area contributed by atoms with Crippen molar-refractivity contribution < 1.29 is 22.7 Å². The number of carbonyl (C=O) groups excluding carboxylic acids is 2. The fourth-order valence-corrected chi connectivity index (χ4v) is 6.35. The molecule has 0 fully saturated rings. The molecule has 0 aliphatic carbocycles. The van der Waals surface area contributed by atoms with Gasteiger partial charge in [0.15, 0.2) is 4.80 Å². The maximum atomic E-state index is 13.2. The SMILES string of the molecule is CCCCN(CCCC)S(=O)(=O)c1ccc(C(=O)N=c2sc3cc(C)ccc3n2CC(=O)OC)cc1. The third-order valence-electron chi connectivity index (χ3n) is 5.81. The van der Waals surface area contributed by atoms with E-state index in [2.05, 4.69) is 4.99 Å². The van der Waals surface area contributed by atoms with Gasteiger partial charge in [-0.2, -0.15) is 9.30 Å². The molecule has 1 amide bonds. The van der Waals surface area contributed by atoms with Gasteiger partial charge in [0.2, 0.25) is 10.0 Å². The molecule has 0 saturated heterocycles. The van der Waals surface area contributed by atoms with Gasteiger partial charge < -0.3 is 9.30 Å². The van der Waals surface area contributed by atoms with Crippen molar-refractivity contribution in [3.05, 3.63) is 58.4 Å². The lowest BCUT2D eigenvalue weighted by molar-refractivity contribution is -0.141. The van der Waals surface area contributed by atoms with Crippen LogP contribution in [0.1, 0.15) is 55.5 Å². The maximum Gasteiger partial charge on any atom is 0.325 e. The summed E-state index contributed by atoms with van der Waals surface area (Å²) in [6.45, 7) is 6.89. The van der Waals surface area contributed by atoms with Crippen LogP contribution in [0, 0.1) is 6.92 Å². The molecule has 8 nitrogen and oxygen atoms in total. The van der Waals surface area contributed by atoms with E-state index in [-0.39, 0.29) is 17.0 Å². The van der Waals surface area contributed by atoms with Crippen LogP contribution in [0.2, 0.25) is 0 Å². The molecular weight excluding hydrogens is 498 g/mol. The summed E-state index contributed by atoms with van der Waals surface area (Å²) < 4.78 is 35.3. The molecule has 194 valence electrons. The lowest BCUT2D eigenvalue weighted by atomic mass is 10.2. The highest BCUT2D eigenvalue weighted by molar-refractivity contribution is 7.89. The zero-order chi connectivity index (χ0) is 26.3. The van der Waals surface area contributed by atoms with Crippen LogP contribution in [0.4, 0.5) is 0 Å². The van der Waals surface area contributed by atoms with Gasteiger partial charge >= 0.3 is 5.97 Å². The van der Waals surface area contributed by atoms with Crippen LogP contribution in [-0.4, -0.2) is 49.4 Å². The number of fused-ring (bicyclic) bond motifs is 1. The standard InChI is InChI=1S/C26H33N3O5S2/c1-5-7-15-28(16-8-6-2)36(32,33)21-12-10-20(11-13-21)25(31)27-26-29(18-24(30)34-4)22-14-9-19(3)17-23(22)35-26/h9-14,17H,5-8,15-16,18H2,1-4H3. The largest absolute Gasteiger partial charge is 0.468 e. The predicted molar refractivity (Wildman–Crippen MR) is 141 cm³/mol. The van der Waals surface area contributed by atoms with E-state index < -0.39 is 21.9 Å². The fraction of sp³-hybridized carbons (Fsp3) is 0.423. The van der Waals surface area contributed by atoms with Crippen molar-refractivity contribution in [1.29, 1.82) is 0 Å². The van der Waals surface area contributed by atoms with Gasteiger partial charge in [-0.25, -0.2) is 8.42 Å². The second kappa shape index (κ2) is 12.4. The molecule has 0 atom stereocenters. The highest BCUT2D eigenvalue weighted by Crippen LogP contribution is 2.21. The number of esters is 1. The third kappa shape index (κ3) is 6.48. The Labute approximate surface area is 216 Å². The van der Waals surface area contributed by atoms with Crippen molar-refractivity contribution in [3.8, 4) is 0 Å². The van der Waals surface area contributed by atoms with Gasteiger partial charge in [0, 0.05) is 18.7 Å². The van der Waals surface area contributed by atoms with E-state index in [1.165, 1.54) is 47.0 Å². The highest BCUT2D eigenvalue weighted by Gasteiger charge is 2.24. The summed E-state index contributed by atoms with van der Waals surface area (Å²) in [5.41, 5.74) is 2.10. The summed E-state index contributed by atoms with van der Waals surface area (Å²) in [5.74, 6) is -0.968. The van der Waals surface area contributed by atoms with Crippen LogP contribution in [0.15, 0.2) is 52.4 Å². The summed E-state index contributed by atoms with van der Waals surface area (Å²) >= 11 is 1.31. The molecule has 0 aliphatic heterocycles. The molecule has 3 aromatic rings. The molecule has 0 N–H and O–H groups in total. The Morgan fingerprint density at radius 2 is 1.67 bits per heavy atom. The van der Waals surface area contributed by atoms with Crippen molar-refractivity contribution in [1.82, 2.24) is 8.87 Å². The van der Waals surface area contributed by atoms with Crippen LogP contribution in [0.25, 0.3) is 10.2 Å². The smallest absolute Gasteiger partial charge is 0.325 e. The zero-order valence-electron chi connectivity index (χ0n) is 21.2. The Kier molecular flexibility index (Phi) is 9.58. The number of thiazole rings is 1.